The van der Waals surface area contributed by atoms with Crippen molar-refractivity contribution in [3.8, 4) is 0 Å². The second-order valence-corrected chi connectivity index (χ2v) is 4.59. The molecule has 5 heteroatoms. The summed E-state index contributed by atoms with van der Waals surface area (Å²) in [5, 5.41) is 8.93. The van der Waals surface area contributed by atoms with E-state index in [2.05, 4.69) is 0 Å². The van der Waals surface area contributed by atoms with Gasteiger partial charge in [-0.15, -0.1) is 0 Å². The molecule has 1 fully saturated rings. The minimum absolute atomic E-state index is 0.0277. The highest BCUT2D eigenvalue weighted by Gasteiger charge is 2.31. The summed E-state index contributed by atoms with van der Waals surface area (Å²) in [5.74, 6) is -0.935. The Morgan fingerprint density at radius 2 is 2.18 bits per heavy atom. The highest BCUT2D eigenvalue weighted by molar-refractivity contribution is 5.77. The Bertz CT molecular complexity index is 280. The van der Waals surface area contributed by atoms with Crippen LogP contribution in [0.15, 0.2) is 0 Å². The molecule has 98 valence electrons. The molecule has 1 heterocycles. The molecule has 2 atom stereocenters. The second kappa shape index (κ2) is 6.59. The van der Waals surface area contributed by atoms with E-state index in [0.717, 1.165) is 6.42 Å². The summed E-state index contributed by atoms with van der Waals surface area (Å²) in [6, 6.07) is 0.0277. The van der Waals surface area contributed by atoms with E-state index in [4.69, 9.17) is 9.84 Å². The first kappa shape index (κ1) is 14.0. The highest BCUT2D eigenvalue weighted by Crippen LogP contribution is 2.23. The zero-order valence-corrected chi connectivity index (χ0v) is 10.5. The molecular weight excluding hydrogens is 222 g/mol. The van der Waals surface area contributed by atoms with Gasteiger partial charge in [0.25, 0.3) is 0 Å². The number of ether oxygens (including phenoxy) is 1. The van der Waals surface area contributed by atoms with Crippen LogP contribution in [0.25, 0.3) is 0 Å². The zero-order valence-electron chi connectivity index (χ0n) is 10.5. The molecular formula is C12H21NO4. The van der Waals surface area contributed by atoms with Crippen LogP contribution < -0.4 is 0 Å². The van der Waals surface area contributed by atoms with Crippen molar-refractivity contribution in [1.29, 1.82) is 0 Å². The Hall–Kier alpha value is -1.10. The standard InChI is InChI=1S/C12H21NO4/c1-9-8-10(12(15)16)5-6-13(9)11(14)4-3-7-17-2/h9-10H,3-8H2,1-2H3,(H,15,16). The Morgan fingerprint density at radius 1 is 1.47 bits per heavy atom. The number of nitrogens with zero attached hydrogens (tertiary/aromatic N) is 1. The van der Waals surface area contributed by atoms with Crippen molar-refractivity contribution in [2.45, 2.75) is 38.6 Å². The van der Waals surface area contributed by atoms with Gasteiger partial charge in [0.1, 0.15) is 0 Å². The fraction of sp³-hybridized carbons (Fsp3) is 0.833. The third-order valence-corrected chi connectivity index (χ3v) is 3.28. The molecule has 0 aromatic carbocycles. The van der Waals surface area contributed by atoms with Crippen LogP contribution in [-0.4, -0.2) is 48.2 Å². The number of carbonyl (C=O) groups excluding carboxylic acids is 1. The monoisotopic (exact) mass is 243 g/mol. The quantitative estimate of drug-likeness (QED) is 0.735. The van der Waals surface area contributed by atoms with Crippen LogP contribution in [0.5, 0.6) is 0 Å². The molecule has 1 aliphatic heterocycles. The number of methoxy groups -OCH3 is 1. The molecule has 0 aromatic heterocycles. The van der Waals surface area contributed by atoms with Gasteiger partial charge in [-0.1, -0.05) is 0 Å². The van der Waals surface area contributed by atoms with Crippen LogP contribution >= 0.6 is 0 Å². The smallest absolute Gasteiger partial charge is 0.306 e. The Balaban J connectivity index is 2.40. The number of carboxylic acids is 1. The number of carbonyl (C=O) groups is 2. The summed E-state index contributed by atoms with van der Waals surface area (Å²) in [5.41, 5.74) is 0. The molecule has 1 aliphatic rings. The lowest BCUT2D eigenvalue weighted by molar-refractivity contribution is -0.147. The predicted octanol–water partition coefficient (Wildman–Crippen LogP) is 1.12. The van der Waals surface area contributed by atoms with Crippen molar-refractivity contribution in [3.63, 3.8) is 0 Å². The number of hydrogen-bond acceptors (Lipinski definition) is 3. The first-order chi connectivity index (χ1) is 8.06. The summed E-state index contributed by atoms with van der Waals surface area (Å²) in [6.07, 6.45) is 2.33. The summed E-state index contributed by atoms with van der Waals surface area (Å²) in [4.78, 5) is 24.6. The lowest BCUT2D eigenvalue weighted by Crippen LogP contribution is -2.46. The van der Waals surface area contributed by atoms with Gasteiger partial charge in [0, 0.05) is 32.7 Å². The SMILES string of the molecule is COCCCC(=O)N1CCC(C(=O)O)CC1C. The third kappa shape index (κ3) is 4.00. The second-order valence-electron chi connectivity index (χ2n) is 4.59. The Kier molecular flexibility index (Phi) is 5.41. The maximum absolute atomic E-state index is 11.9. The number of aliphatic carboxylic acids is 1. The van der Waals surface area contributed by atoms with Crippen LogP contribution in [0.3, 0.4) is 0 Å². The maximum Gasteiger partial charge on any atom is 0.306 e. The lowest BCUT2D eigenvalue weighted by atomic mass is 9.91. The van der Waals surface area contributed by atoms with Crippen LogP contribution in [0, 0.1) is 5.92 Å². The average Bonchev–Trinajstić information content (AvgIpc) is 2.28. The molecule has 1 saturated heterocycles. The van der Waals surface area contributed by atoms with Crippen LogP contribution in [0.1, 0.15) is 32.6 Å². The van der Waals surface area contributed by atoms with Gasteiger partial charge in [0.05, 0.1) is 5.92 Å². The minimum Gasteiger partial charge on any atom is -0.481 e. The molecule has 2 unspecified atom stereocenters. The van der Waals surface area contributed by atoms with Gasteiger partial charge in [-0.25, -0.2) is 0 Å². The van der Waals surface area contributed by atoms with Crippen LogP contribution in [0.2, 0.25) is 0 Å². The van der Waals surface area contributed by atoms with E-state index in [1.165, 1.54) is 0 Å². The number of rotatable bonds is 5. The fourth-order valence-corrected chi connectivity index (χ4v) is 2.28. The first-order valence-corrected chi connectivity index (χ1v) is 6.07. The van der Waals surface area contributed by atoms with E-state index >= 15 is 0 Å². The third-order valence-electron chi connectivity index (χ3n) is 3.28. The van der Waals surface area contributed by atoms with Gasteiger partial charge in [-0.2, -0.15) is 0 Å². The number of hydrogen-bond donors (Lipinski definition) is 1. The van der Waals surface area contributed by atoms with E-state index in [9.17, 15) is 9.59 Å². The van der Waals surface area contributed by atoms with Crippen molar-refractivity contribution >= 4 is 11.9 Å². The molecule has 0 spiro atoms. The molecule has 0 aromatic rings. The number of piperidine rings is 1. The van der Waals surface area contributed by atoms with Crippen molar-refractivity contribution < 1.29 is 19.4 Å². The highest BCUT2D eigenvalue weighted by atomic mass is 16.5. The van der Waals surface area contributed by atoms with Gasteiger partial charge < -0.3 is 14.7 Å². The largest absolute Gasteiger partial charge is 0.481 e. The van der Waals surface area contributed by atoms with Crippen LogP contribution in [-0.2, 0) is 14.3 Å². The molecule has 5 nitrogen and oxygen atoms in total. The normalized spacial score (nSPS) is 24.7. The fourth-order valence-electron chi connectivity index (χ4n) is 2.28. The van der Waals surface area contributed by atoms with Crippen molar-refractivity contribution in [2.75, 3.05) is 20.3 Å². The van der Waals surface area contributed by atoms with Gasteiger partial charge >= 0.3 is 5.97 Å². The topological polar surface area (TPSA) is 66.8 Å². The maximum atomic E-state index is 11.9. The number of carboxylic acid groups (broad SMARTS) is 1. The average molecular weight is 243 g/mol. The molecule has 1 N–H and O–H groups in total. The number of amides is 1. The van der Waals surface area contributed by atoms with Crippen molar-refractivity contribution in [1.82, 2.24) is 4.90 Å². The minimum atomic E-state index is -0.747. The summed E-state index contributed by atoms with van der Waals surface area (Å²) < 4.78 is 4.91. The summed E-state index contributed by atoms with van der Waals surface area (Å²) in [7, 11) is 1.62. The van der Waals surface area contributed by atoms with E-state index in [-0.39, 0.29) is 17.9 Å². The van der Waals surface area contributed by atoms with Crippen molar-refractivity contribution in [2.24, 2.45) is 5.92 Å². The van der Waals surface area contributed by atoms with Gasteiger partial charge in [0.2, 0.25) is 5.91 Å². The molecule has 1 amide bonds. The molecule has 17 heavy (non-hydrogen) atoms. The molecule has 0 bridgehead atoms. The van der Waals surface area contributed by atoms with Gasteiger partial charge in [-0.05, 0) is 26.2 Å². The van der Waals surface area contributed by atoms with E-state index in [0.29, 0.717) is 32.4 Å². The predicted molar refractivity (Wildman–Crippen MR) is 62.6 cm³/mol. The molecule has 0 saturated carbocycles. The molecule has 1 rings (SSSR count). The van der Waals surface area contributed by atoms with Gasteiger partial charge in [-0.3, -0.25) is 9.59 Å². The van der Waals surface area contributed by atoms with E-state index in [1.807, 2.05) is 6.92 Å². The van der Waals surface area contributed by atoms with Crippen molar-refractivity contribution in [3.05, 3.63) is 0 Å². The lowest BCUT2D eigenvalue weighted by Gasteiger charge is -2.36. The first-order valence-electron chi connectivity index (χ1n) is 6.07. The Morgan fingerprint density at radius 3 is 2.71 bits per heavy atom. The summed E-state index contributed by atoms with van der Waals surface area (Å²) in [6.45, 7) is 3.07. The summed E-state index contributed by atoms with van der Waals surface area (Å²) >= 11 is 0. The number of likely N-dealkylation sites (tertiary alicyclic amines) is 1. The molecule has 0 radical (unpaired) electrons. The molecule has 0 aliphatic carbocycles. The van der Waals surface area contributed by atoms with Gasteiger partial charge in [0.15, 0.2) is 0 Å². The Labute approximate surface area is 102 Å². The van der Waals surface area contributed by atoms with E-state index < -0.39 is 5.97 Å². The van der Waals surface area contributed by atoms with E-state index in [1.54, 1.807) is 12.0 Å². The zero-order chi connectivity index (χ0) is 12.8. The van der Waals surface area contributed by atoms with Crippen LogP contribution in [0.4, 0.5) is 0 Å².